The topological polar surface area (TPSA) is 35.9 Å². The number of ether oxygens (including phenoxy) is 1. The van der Waals surface area contributed by atoms with Crippen molar-refractivity contribution in [3.8, 4) is 0 Å². The van der Waals surface area contributed by atoms with E-state index in [1.807, 2.05) is 6.07 Å². The summed E-state index contributed by atoms with van der Waals surface area (Å²) in [6, 6.07) is 10.4. The molecule has 1 heterocycles. The van der Waals surface area contributed by atoms with Gasteiger partial charge in [-0.25, -0.2) is 0 Å². The van der Waals surface area contributed by atoms with Crippen molar-refractivity contribution in [1.29, 1.82) is 0 Å². The second-order valence-corrected chi connectivity index (χ2v) is 6.29. The van der Waals surface area contributed by atoms with E-state index in [9.17, 15) is 5.11 Å². The molecular formula is C18H30N2O2. The maximum Gasteiger partial charge on any atom is 0.0793 e. The number of nitrogens with zero attached hydrogens (tertiary/aromatic N) is 2. The Morgan fingerprint density at radius 3 is 2.59 bits per heavy atom. The van der Waals surface area contributed by atoms with E-state index in [0.717, 1.165) is 45.6 Å². The fourth-order valence-electron chi connectivity index (χ4n) is 3.17. The Hall–Kier alpha value is -0.940. The maximum atomic E-state index is 10.3. The monoisotopic (exact) mass is 306 g/mol. The number of hydrogen-bond donors (Lipinski definition) is 1. The quantitative estimate of drug-likeness (QED) is 0.797. The lowest BCUT2D eigenvalue weighted by Gasteiger charge is -2.33. The first-order chi connectivity index (χ1) is 10.7. The molecule has 1 aliphatic heterocycles. The number of aliphatic hydroxyl groups is 1. The molecule has 0 amide bonds. The number of hydrogen-bond acceptors (Lipinski definition) is 4. The molecule has 4 nitrogen and oxygen atoms in total. The van der Waals surface area contributed by atoms with E-state index >= 15 is 0 Å². The molecule has 1 aromatic rings. The van der Waals surface area contributed by atoms with Gasteiger partial charge in [-0.05, 0) is 32.4 Å². The van der Waals surface area contributed by atoms with Crippen molar-refractivity contribution in [2.24, 2.45) is 0 Å². The molecule has 124 valence electrons. The summed E-state index contributed by atoms with van der Waals surface area (Å²) >= 11 is 0. The minimum absolute atomic E-state index is 0.294. The van der Waals surface area contributed by atoms with Crippen LogP contribution < -0.4 is 0 Å². The number of piperidine rings is 1. The Morgan fingerprint density at radius 2 is 1.95 bits per heavy atom. The molecule has 1 atom stereocenters. The second kappa shape index (κ2) is 9.26. The Morgan fingerprint density at radius 1 is 1.27 bits per heavy atom. The molecule has 0 aliphatic carbocycles. The van der Waals surface area contributed by atoms with Crippen LogP contribution in [0.15, 0.2) is 30.3 Å². The maximum absolute atomic E-state index is 10.3. The number of benzene rings is 1. The zero-order valence-corrected chi connectivity index (χ0v) is 13.9. The summed E-state index contributed by atoms with van der Waals surface area (Å²) in [4.78, 5) is 4.55. The van der Waals surface area contributed by atoms with Gasteiger partial charge in [-0.3, -0.25) is 4.90 Å². The molecule has 1 fully saturated rings. The third kappa shape index (κ3) is 6.05. The summed E-state index contributed by atoms with van der Waals surface area (Å²) < 4.78 is 5.67. The lowest BCUT2D eigenvalue weighted by Crippen LogP contribution is -2.43. The van der Waals surface area contributed by atoms with E-state index in [1.54, 1.807) is 0 Å². The highest BCUT2D eigenvalue weighted by Gasteiger charge is 2.21. The molecule has 1 aromatic carbocycles. The van der Waals surface area contributed by atoms with E-state index in [4.69, 9.17) is 4.74 Å². The standard InChI is InChI=1S/C18H30N2O2/c1-3-22-18-9-11-20(12-10-18)15-17(21)14-19(2)13-16-7-5-4-6-8-16/h4-8,17-18,21H,3,9-15H2,1-2H3. The number of likely N-dealkylation sites (N-methyl/N-ethyl adjacent to an activating group) is 1. The van der Waals surface area contributed by atoms with Crippen LogP contribution in [-0.2, 0) is 11.3 Å². The van der Waals surface area contributed by atoms with E-state index in [-0.39, 0.29) is 6.10 Å². The molecule has 1 aliphatic rings. The van der Waals surface area contributed by atoms with Crippen LogP contribution in [0, 0.1) is 0 Å². The first kappa shape index (κ1) is 17.4. The highest BCUT2D eigenvalue weighted by Crippen LogP contribution is 2.14. The zero-order valence-electron chi connectivity index (χ0n) is 13.9. The van der Waals surface area contributed by atoms with Gasteiger partial charge >= 0.3 is 0 Å². The molecular weight excluding hydrogens is 276 g/mol. The van der Waals surface area contributed by atoms with Crippen LogP contribution in [0.1, 0.15) is 25.3 Å². The highest BCUT2D eigenvalue weighted by molar-refractivity contribution is 5.14. The molecule has 4 heteroatoms. The lowest BCUT2D eigenvalue weighted by atomic mass is 10.1. The van der Waals surface area contributed by atoms with Crippen molar-refractivity contribution < 1.29 is 9.84 Å². The van der Waals surface area contributed by atoms with Crippen molar-refractivity contribution >= 4 is 0 Å². The van der Waals surface area contributed by atoms with Gasteiger partial charge in [0.2, 0.25) is 0 Å². The van der Waals surface area contributed by atoms with Crippen molar-refractivity contribution in [3.05, 3.63) is 35.9 Å². The van der Waals surface area contributed by atoms with Crippen LogP contribution in [0.2, 0.25) is 0 Å². The van der Waals surface area contributed by atoms with Crippen LogP contribution in [0.5, 0.6) is 0 Å². The Balaban J connectivity index is 1.66. The largest absolute Gasteiger partial charge is 0.390 e. The van der Waals surface area contributed by atoms with Gasteiger partial charge in [-0.2, -0.15) is 0 Å². The van der Waals surface area contributed by atoms with Gasteiger partial charge in [0.15, 0.2) is 0 Å². The summed E-state index contributed by atoms with van der Waals surface area (Å²) in [5.74, 6) is 0. The van der Waals surface area contributed by atoms with Crippen LogP contribution in [0.3, 0.4) is 0 Å². The third-order valence-electron chi connectivity index (χ3n) is 4.22. The smallest absolute Gasteiger partial charge is 0.0793 e. The normalized spacial score (nSPS) is 18.7. The minimum Gasteiger partial charge on any atom is -0.390 e. The van der Waals surface area contributed by atoms with E-state index in [0.29, 0.717) is 12.6 Å². The van der Waals surface area contributed by atoms with Crippen LogP contribution in [0.4, 0.5) is 0 Å². The van der Waals surface area contributed by atoms with Crippen LogP contribution in [-0.4, -0.2) is 66.9 Å². The second-order valence-electron chi connectivity index (χ2n) is 6.29. The van der Waals surface area contributed by atoms with Gasteiger partial charge in [0, 0.05) is 39.3 Å². The average molecular weight is 306 g/mol. The number of likely N-dealkylation sites (tertiary alicyclic amines) is 1. The van der Waals surface area contributed by atoms with Crippen molar-refractivity contribution in [1.82, 2.24) is 9.80 Å². The molecule has 1 saturated heterocycles. The first-order valence-electron chi connectivity index (χ1n) is 8.42. The summed E-state index contributed by atoms with van der Waals surface area (Å²) in [5.41, 5.74) is 1.29. The fourth-order valence-corrected chi connectivity index (χ4v) is 3.17. The molecule has 0 radical (unpaired) electrons. The van der Waals surface area contributed by atoms with E-state index < -0.39 is 0 Å². The number of aliphatic hydroxyl groups excluding tert-OH is 1. The molecule has 2 rings (SSSR count). The highest BCUT2D eigenvalue weighted by atomic mass is 16.5. The SMILES string of the molecule is CCOC1CCN(CC(O)CN(C)Cc2ccccc2)CC1. The molecule has 0 saturated carbocycles. The minimum atomic E-state index is -0.294. The summed E-state index contributed by atoms with van der Waals surface area (Å²) in [6.45, 7) is 7.27. The van der Waals surface area contributed by atoms with Gasteiger partial charge in [0.1, 0.15) is 0 Å². The molecule has 22 heavy (non-hydrogen) atoms. The Kier molecular flexibility index (Phi) is 7.33. The van der Waals surface area contributed by atoms with Crippen molar-refractivity contribution in [2.45, 2.75) is 38.5 Å². The summed E-state index contributed by atoms with van der Waals surface area (Å²) in [6.07, 6.45) is 2.29. The molecule has 1 unspecified atom stereocenters. The number of rotatable bonds is 8. The van der Waals surface area contributed by atoms with Gasteiger partial charge < -0.3 is 14.7 Å². The summed E-state index contributed by atoms with van der Waals surface area (Å²) in [5, 5.41) is 10.3. The van der Waals surface area contributed by atoms with Gasteiger partial charge in [-0.1, -0.05) is 30.3 Å². The summed E-state index contributed by atoms with van der Waals surface area (Å²) in [7, 11) is 2.07. The first-order valence-corrected chi connectivity index (χ1v) is 8.42. The lowest BCUT2D eigenvalue weighted by molar-refractivity contribution is 0.000131. The Labute approximate surface area is 134 Å². The molecule has 0 spiro atoms. The predicted molar refractivity (Wildman–Crippen MR) is 89.9 cm³/mol. The Bertz CT molecular complexity index is 405. The third-order valence-corrected chi connectivity index (χ3v) is 4.22. The predicted octanol–water partition coefficient (Wildman–Crippen LogP) is 1.98. The van der Waals surface area contributed by atoms with E-state index in [2.05, 4.69) is 48.0 Å². The molecule has 1 N–H and O–H groups in total. The van der Waals surface area contributed by atoms with Crippen LogP contribution >= 0.6 is 0 Å². The van der Waals surface area contributed by atoms with Crippen molar-refractivity contribution in [2.75, 3.05) is 39.8 Å². The molecule has 0 bridgehead atoms. The zero-order chi connectivity index (χ0) is 15.8. The van der Waals surface area contributed by atoms with Crippen molar-refractivity contribution in [3.63, 3.8) is 0 Å². The fraction of sp³-hybridized carbons (Fsp3) is 0.667. The van der Waals surface area contributed by atoms with Crippen LogP contribution in [0.25, 0.3) is 0 Å². The van der Waals surface area contributed by atoms with E-state index in [1.165, 1.54) is 5.56 Å². The van der Waals surface area contributed by atoms with Gasteiger partial charge in [-0.15, -0.1) is 0 Å². The number of β-amino-alcohol motifs (C(OH)–C–C–N with tert-alkyl or cyclic N) is 1. The molecule has 0 aromatic heterocycles. The van der Waals surface area contributed by atoms with Gasteiger partial charge in [0.05, 0.1) is 12.2 Å². The average Bonchev–Trinajstić information content (AvgIpc) is 2.50. The van der Waals surface area contributed by atoms with Gasteiger partial charge in [0.25, 0.3) is 0 Å².